The Labute approximate surface area is 156 Å². The van der Waals surface area contributed by atoms with Crippen LogP contribution in [0.4, 0.5) is 16.2 Å². The van der Waals surface area contributed by atoms with Crippen LogP contribution >= 0.6 is 0 Å². The van der Waals surface area contributed by atoms with E-state index >= 15 is 0 Å². The van der Waals surface area contributed by atoms with Crippen LogP contribution in [0, 0.1) is 10.1 Å². The Kier molecular flexibility index (Phi) is 6.35. The van der Waals surface area contributed by atoms with Crippen LogP contribution in [0.1, 0.15) is 18.5 Å². The second kappa shape index (κ2) is 8.49. The minimum atomic E-state index is -0.872. The number of esters is 1. The molecule has 146 valence electrons. The molecular formula is C17H22N4O6. The molecule has 1 heterocycles. The van der Waals surface area contributed by atoms with Gasteiger partial charge in [0, 0.05) is 33.0 Å². The number of urea groups is 1. The van der Waals surface area contributed by atoms with Crippen molar-refractivity contribution in [3.8, 4) is 0 Å². The van der Waals surface area contributed by atoms with Gasteiger partial charge < -0.3 is 25.0 Å². The lowest BCUT2D eigenvalue weighted by molar-refractivity contribution is -0.384. The first-order valence-corrected chi connectivity index (χ1v) is 8.16. The summed E-state index contributed by atoms with van der Waals surface area (Å²) in [4.78, 5) is 37.0. The molecule has 0 spiro atoms. The molecule has 0 fully saturated rings. The molecule has 0 radical (unpaired) electrons. The van der Waals surface area contributed by atoms with Gasteiger partial charge in [-0.25, -0.2) is 9.59 Å². The predicted molar refractivity (Wildman–Crippen MR) is 97.4 cm³/mol. The van der Waals surface area contributed by atoms with E-state index in [9.17, 15) is 19.7 Å². The summed E-state index contributed by atoms with van der Waals surface area (Å²) in [5, 5.41) is 16.6. The zero-order chi connectivity index (χ0) is 20.1. The highest BCUT2D eigenvalue weighted by atomic mass is 16.6. The predicted octanol–water partition coefficient (Wildman–Crippen LogP) is 1.48. The second-order valence-corrected chi connectivity index (χ2v) is 6.10. The number of benzene rings is 1. The number of methoxy groups -OCH3 is 1. The molecule has 10 heteroatoms. The maximum absolute atomic E-state index is 12.5. The summed E-state index contributed by atoms with van der Waals surface area (Å²) < 4.78 is 10.0. The standard InChI is InChI=1S/C17H22N4O6/c1-10-14(16(22)27-8-7-26-4)15(19-17(23)18-10)11-5-6-12(20(2)3)13(9-11)21(24)25/h5-6,9,15H,7-8H2,1-4H3,(H2,18,19,23). The zero-order valence-corrected chi connectivity index (χ0v) is 15.6. The second-order valence-electron chi connectivity index (χ2n) is 6.10. The van der Waals surface area contributed by atoms with E-state index in [0.29, 0.717) is 16.9 Å². The molecule has 1 aliphatic heterocycles. The zero-order valence-electron chi connectivity index (χ0n) is 15.6. The van der Waals surface area contributed by atoms with E-state index in [4.69, 9.17) is 9.47 Å². The lowest BCUT2D eigenvalue weighted by Gasteiger charge is -2.28. The number of nitro benzene ring substituents is 1. The van der Waals surface area contributed by atoms with Crippen molar-refractivity contribution in [1.29, 1.82) is 0 Å². The Morgan fingerprint density at radius 1 is 1.33 bits per heavy atom. The molecular weight excluding hydrogens is 356 g/mol. The topological polar surface area (TPSA) is 123 Å². The normalized spacial score (nSPS) is 16.4. The number of carbonyl (C=O) groups is 2. The Morgan fingerprint density at radius 3 is 2.63 bits per heavy atom. The SMILES string of the molecule is COCCOC(=O)C1=C(C)NC(=O)NC1c1ccc(N(C)C)c([N+](=O)[O-])c1. The van der Waals surface area contributed by atoms with Crippen LogP contribution in [-0.2, 0) is 14.3 Å². The van der Waals surface area contributed by atoms with Gasteiger partial charge in [-0.1, -0.05) is 6.07 Å². The van der Waals surface area contributed by atoms with Gasteiger partial charge in [0.15, 0.2) is 0 Å². The van der Waals surface area contributed by atoms with Gasteiger partial charge in [-0.3, -0.25) is 10.1 Å². The molecule has 0 bridgehead atoms. The van der Waals surface area contributed by atoms with Crippen molar-refractivity contribution in [1.82, 2.24) is 10.6 Å². The quantitative estimate of drug-likeness (QED) is 0.319. The van der Waals surface area contributed by atoms with E-state index in [1.807, 2.05) is 0 Å². The number of nitrogens with one attached hydrogen (secondary N) is 2. The number of carbonyl (C=O) groups excluding carboxylic acids is 2. The number of nitrogens with zero attached hydrogens (tertiary/aromatic N) is 2. The number of nitro groups is 1. The van der Waals surface area contributed by atoms with Crippen molar-refractivity contribution in [3.63, 3.8) is 0 Å². The van der Waals surface area contributed by atoms with Crippen LogP contribution in [0.2, 0.25) is 0 Å². The van der Waals surface area contributed by atoms with Crippen LogP contribution in [0.5, 0.6) is 0 Å². The molecule has 1 aliphatic rings. The number of allylic oxidation sites excluding steroid dienone is 1. The van der Waals surface area contributed by atoms with E-state index < -0.39 is 23.0 Å². The monoisotopic (exact) mass is 378 g/mol. The molecule has 1 atom stereocenters. The summed E-state index contributed by atoms with van der Waals surface area (Å²) in [5.74, 6) is -0.638. The maximum Gasteiger partial charge on any atom is 0.338 e. The Bertz CT molecular complexity index is 790. The van der Waals surface area contributed by atoms with Crippen LogP contribution in [-0.4, -0.2) is 51.3 Å². The highest BCUT2D eigenvalue weighted by Crippen LogP contribution is 2.34. The molecule has 2 amide bonds. The van der Waals surface area contributed by atoms with Gasteiger partial charge in [-0.2, -0.15) is 0 Å². The molecule has 1 aromatic carbocycles. The van der Waals surface area contributed by atoms with Crippen molar-refractivity contribution in [2.24, 2.45) is 0 Å². The van der Waals surface area contributed by atoms with Gasteiger partial charge in [0.1, 0.15) is 12.3 Å². The average Bonchev–Trinajstić information content (AvgIpc) is 2.60. The lowest BCUT2D eigenvalue weighted by Crippen LogP contribution is -2.45. The van der Waals surface area contributed by atoms with Gasteiger partial charge in [-0.05, 0) is 18.6 Å². The van der Waals surface area contributed by atoms with Crippen LogP contribution in [0.15, 0.2) is 29.5 Å². The fraction of sp³-hybridized carbons (Fsp3) is 0.412. The summed E-state index contributed by atoms with van der Waals surface area (Å²) in [6, 6.07) is 3.18. The Hall–Kier alpha value is -3.14. The van der Waals surface area contributed by atoms with E-state index in [0.717, 1.165) is 0 Å². The molecule has 0 aromatic heterocycles. The van der Waals surface area contributed by atoms with Crippen LogP contribution in [0.25, 0.3) is 0 Å². The summed E-state index contributed by atoms with van der Waals surface area (Å²) in [7, 11) is 4.86. The molecule has 1 unspecified atom stereocenters. The van der Waals surface area contributed by atoms with E-state index in [2.05, 4.69) is 10.6 Å². The summed E-state index contributed by atoms with van der Waals surface area (Å²) >= 11 is 0. The number of hydrogen-bond donors (Lipinski definition) is 2. The first kappa shape index (κ1) is 20.2. The third kappa shape index (κ3) is 4.53. The first-order valence-electron chi connectivity index (χ1n) is 8.16. The highest BCUT2D eigenvalue weighted by Gasteiger charge is 2.33. The van der Waals surface area contributed by atoms with E-state index in [-0.39, 0.29) is 24.5 Å². The molecule has 0 saturated heterocycles. The van der Waals surface area contributed by atoms with Gasteiger partial charge in [-0.15, -0.1) is 0 Å². The maximum atomic E-state index is 12.5. The smallest absolute Gasteiger partial charge is 0.338 e. The molecule has 10 nitrogen and oxygen atoms in total. The van der Waals surface area contributed by atoms with Crippen LogP contribution < -0.4 is 15.5 Å². The fourth-order valence-corrected chi connectivity index (χ4v) is 2.75. The fourth-order valence-electron chi connectivity index (χ4n) is 2.75. The van der Waals surface area contributed by atoms with Gasteiger partial charge >= 0.3 is 12.0 Å². The van der Waals surface area contributed by atoms with Crippen molar-refractivity contribution >= 4 is 23.4 Å². The summed E-state index contributed by atoms with van der Waals surface area (Å²) in [6.07, 6.45) is 0. The molecule has 0 saturated carbocycles. The largest absolute Gasteiger partial charge is 0.460 e. The van der Waals surface area contributed by atoms with Gasteiger partial charge in [0.25, 0.3) is 5.69 Å². The molecule has 27 heavy (non-hydrogen) atoms. The Balaban J connectivity index is 2.45. The summed E-state index contributed by atoms with van der Waals surface area (Å²) in [5.41, 5.74) is 1.19. The minimum Gasteiger partial charge on any atom is -0.460 e. The van der Waals surface area contributed by atoms with Crippen molar-refractivity contribution in [2.45, 2.75) is 13.0 Å². The van der Waals surface area contributed by atoms with E-state index in [1.54, 1.807) is 38.1 Å². The lowest BCUT2D eigenvalue weighted by atomic mass is 9.95. The molecule has 2 rings (SSSR count). The minimum absolute atomic E-state index is 0.0481. The number of hydrogen-bond acceptors (Lipinski definition) is 7. The van der Waals surface area contributed by atoms with Gasteiger partial charge in [0.2, 0.25) is 0 Å². The van der Waals surface area contributed by atoms with E-state index in [1.165, 1.54) is 13.2 Å². The van der Waals surface area contributed by atoms with Gasteiger partial charge in [0.05, 0.1) is 23.1 Å². The van der Waals surface area contributed by atoms with Crippen molar-refractivity contribution < 1.29 is 24.0 Å². The number of ether oxygens (including phenoxy) is 2. The average molecular weight is 378 g/mol. The number of anilines is 1. The highest BCUT2D eigenvalue weighted by molar-refractivity contribution is 5.95. The number of rotatable bonds is 7. The third-order valence-electron chi connectivity index (χ3n) is 4.02. The number of amides is 2. The first-order chi connectivity index (χ1) is 12.8. The Morgan fingerprint density at radius 2 is 2.04 bits per heavy atom. The summed E-state index contributed by atoms with van der Waals surface area (Å²) in [6.45, 7) is 1.85. The molecule has 1 aromatic rings. The van der Waals surface area contributed by atoms with Crippen molar-refractivity contribution in [2.75, 3.05) is 39.3 Å². The third-order valence-corrected chi connectivity index (χ3v) is 4.02. The molecule has 2 N–H and O–H groups in total. The van der Waals surface area contributed by atoms with Crippen LogP contribution in [0.3, 0.4) is 0 Å². The van der Waals surface area contributed by atoms with Crippen molar-refractivity contribution in [3.05, 3.63) is 45.1 Å². The molecule has 0 aliphatic carbocycles.